The van der Waals surface area contributed by atoms with E-state index < -0.39 is 15.8 Å². The second-order valence-electron chi connectivity index (χ2n) is 5.02. The first-order chi connectivity index (χ1) is 10.8. The van der Waals surface area contributed by atoms with Crippen LogP contribution in [0.1, 0.15) is 5.56 Å². The summed E-state index contributed by atoms with van der Waals surface area (Å²) in [5.74, 6) is -0.0770. The minimum Gasteiger partial charge on any atom is -0.492 e. The Hall–Kier alpha value is -1.44. The number of halogens is 2. The molecule has 0 N–H and O–H groups in total. The van der Waals surface area contributed by atoms with E-state index in [1.165, 1.54) is 19.2 Å². The second kappa shape index (κ2) is 7.42. The molecule has 0 unspecified atom stereocenters. The SMILES string of the molecule is Cc1ccccc1OCCN(C)S(=O)(=O)c1cc(Br)ccc1F. The zero-order valence-corrected chi connectivity index (χ0v) is 15.2. The fourth-order valence-corrected chi connectivity index (χ4v) is 3.72. The third-order valence-corrected chi connectivity index (χ3v) is 5.70. The van der Waals surface area contributed by atoms with Crippen molar-refractivity contribution in [1.29, 1.82) is 0 Å². The van der Waals surface area contributed by atoms with Crippen LogP contribution in [0.4, 0.5) is 4.39 Å². The molecule has 7 heteroatoms. The van der Waals surface area contributed by atoms with Gasteiger partial charge < -0.3 is 4.74 Å². The van der Waals surface area contributed by atoms with E-state index in [2.05, 4.69) is 15.9 Å². The van der Waals surface area contributed by atoms with E-state index in [0.29, 0.717) is 10.2 Å². The van der Waals surface area contributed by atoms with Gasteiger partial charge in [0.1, 0.15) is 23.1 Å². The lowest BCUT2D eigenvalue weighted by molar-refractivity contribution is 0.285. The molecule has 2 aromatic carbocycles. The molecule has 4 nitrogen and oxygen atoms in total. The van der Waals surface area contributed by atoms with Crippen LogP contribution in [0.5, 0.6) is 5.75 Å². The molecule has 0 aliphatic rings. The van der Waals surface area contributed by atoms with E-state index >= 15 is 0 Å². The van der Waals surface area contributed by atoms with Gasteiger partial charge in [-0.25, -0.2) is 12.8 Å². The van der Waals surface area contributed by atoms with E-state index in [1.807, 2.05) is 31.2 Å². The normalized spacial score (nSPS) is 11.7. The summed E-state index contributed by atoms with van der Waals surface area (Å²) in [6.45, 7) is 2.20. The van der Waals surface area contributed by atoms with Crippen LogP contribution in [0, 0.1) is 12.7 Å². The highest BCUT2D eigenvalue weighted by molar-refractivity contribution is 9.10. The minimum atomic E-state index is -3.91. The number of hydrogen-bond acceptors (Lipinski definition) is 3. The van der Waals surface area contributed by atoms with Gasteiger partial charge >= 0.3 is 0 Å². The van der Waals surface area contributed by atoms with Crippen molar-refractivity contribution in [2.24, 2.45) is 0 Å². The molecule has 2 aromatic rings. The van der Waals surface area contributed by atoms with Crippen LogP contribution in [0.3, 0.4) is 0 Å². The molecule has 0 spiro atoms. The lowest BCUT2D eigenvalue weighted by Gasteiger charge is -2.18. The molecule has 0 heterocycles. The monoisotopic (exact) mass is 401 g/mol. The first-order valence-electron chi connectivity index (χ1n) is 6.92. The number of likely N-dealkylation sites (N-methyl/N-ethyl adjacent to an activating group) is 1. The van der Waals surface area contributed by atoms with Crippen LogP contribution in [0.15, 0.2) is 51.8 Å². The number of hydrogen-bond donors (Lipinski definition) is 0. The molecule has 0 radical (unpaired) electrons. The fraction of sp³-hybridized carbons (Fsp3) is 0.250. The molecule has 0 saturated carbocycles. The first-order valence-corrected chi connectivity index (χ1v) is 9.15. The number of para-hydroxylation sites is 1. The average Bonchev–Trinajstić information content (AvgIpc) is 2.51. The Morgan fingerprint density at radius 3 is 2.61 bits per heavy atom. The summed E-state index contributed by atoms with van der Waals surface area (Å²) in [6.07, 6.45) is 0. The molecule has 0 amide bonds. The number of ether oxygens (including phenoxy) is 1. The smallest absolute Gasteiger partial charge is 0.245 e. The van der Waals surface area contributed by atoms with Gasteiger partial charge in [-0.3, -0.25) is 0 Å². The molecule has 0 atom stereocenters. The van der Waals surface area contributed by atoms with E-state index in [4.69, 9.17) is 4.74 Å². The summed E-state index contributed by atoms with van der Waals surface area (Å²) in [5.41, 5.74) is 0.969. The number of sulfonamides is 1. The van der Waals surface area contributed by atoms with Crippen molar-refractivity contribution >= 4 is 26.0 Å². The van der Waals surface area contributed by atoms with Gasteiger partial charge in [-0.15, -0.1) is 0 Å². The van der Waals surface area contributed by atoms with Crippen molar-refractivity contribution in [3.63, 3.8) is 0 Å². The number of benzene rings is 2. The van der Waals surface area contributed by atoms with Crippen molar-refractivity contribution in [3.8, 4) is 5.75 Å². The largest absolute Gasteiger partial charge is 0.492 e. The molecule has 0 fully saturated rings. The number of aryl methyl sites for hydroxylation is 1. The van der Waals surface area contributed by atoms with E-state index in [9.17, 15) is 12.8 Å². The summed E-state index contributed by atoms with van der Waals surface area (Å²) in [4.78, 5) is -0.356. The van der Waals surface area contributed by atoms with Crippen molar-refractivity contribution in [2.75, 3.05) is 20.2 Å². The molecule has 2 rings (SSSR count). The first kappa shape index (κ1) is 17.9. The molecule has 23 heavy (non-hydrogen) atoms. The standard InChI is InChI=1S/C16H17BrFNO3S/c1-12-5-3-4-6-15(12)22-10-9-19(2)23(20,21)16-11-13(17)7-8-14(16)18/h3-8,11H,9-10H2,1-2H3. The third-order valence-electron chi connectivity index (χ3n) is 3.34. The maximum Gasteiger partial charge on any atom is 0.245 e. The van der Waals surface area contributed by atoms with Crippen molar-refractivity contribution < 1.29 is 17.5 Å². The van der Waals surface area contributed by atoms with E-state index in [1.54, 1.807) is 0 Å². The quantitative estimate of drug-likeness (QED) is 0.742. The van der Waals surface area contributed by atoms with Crippen molar-refractivity contribution in [2.45, 2.75) is 11.8 Å². The third kappa shape index (κ3) is 4.31. The van der Waals surface area contributed by atoms with Gasteiger partial charge in [0, 0.05) is 18.1 Å². The van der Waals surface area contributed by atoms with Crippen LogP contribution < -0.4 is 4.74 Å². The minimum absolute atomic E-state index is 0.114. The van der Waals surface area contributed by atoms with Crippen LogP contribution in [-0.4, -0.2) is 32.9 Å². The van der Waals surface area contributed by atoms with Gasteiger partial charge in [0.05, 0.1) is 0 Å². The highest BCUT2D eigenvalue weighted by Crippen LogP contribution is 2.23. The Morgan fingerprint density at radius 1 is 1.22 bits per heavy atom. The maximum atomic E-state index is 13.8. The van der Waals surface area contributed by atoms with Gasteiger partial charge in [0.2, 0.25) is 10.0 Å². The van der Waals surface area contributed by atoms with Gasteiger partial charge in [-0.1, -0.05) is 34.1 Å². The van der Waals surface area contributed by atoms with Crippen molar-refractivity contribution in [1.82, 2.24) is 4.31 Å². The molecule has 124 valence electrons. The Balaban J connectivity index is 2.06. The summed E-state index contributed by atoms with van der Waals surface area (Å²) in [7, 11) is -2.51. The predicted molar refractivity (Wildman–Crippen MR) is 90.6 cm³/mol. The van der Waals surface area contributed by atoms with Gasteiger partial charge in [0.15, 0.2) is 0 Å². The fourth-order valence-electron chi connectivity index (χ4n) is 1.97. The Labute approximate surface area is 144 Å². The molecule has 0 aromatic heterocycles. The highest BCUT2D eigenvalue weighted by atomic mass is 79.9. The second-order valence-corrected chi connectivity index (χ2v) is 7.94. The van der Waals surface area contributed by atoms with Crippen molar-refractivity contribution in [3.05, 3.63) is 58.3 Å². The zero-order valence-electron chi connectivity index (χ0n) is 12.8. The number of rotatable bonds is 6. The molecule has 0 saturated heterocycles. The van der Waals surface area contributed by atoms with Gasteiger partial charge in [-0.05, 0) is 36.8 Å². The van der Waals surface area contributed by atoms with E-state index in [-0.39, 0.29) is 18.0 Å². The molecular formula is C16H17BrFNO3S. The lowest BCUT2D eigenvalue weighted by Crippen LogP contribution is -2.31. The molecule has 0 bridgehead atoms. The van der Waals surface area contributed by atoms with Gasteiger partial charge in [0.25, 0.3) is 0 Å². The molecule has 0 aliphatic heterocycles. The maximum absolute atomic E-state index is 13.8. The zero-order chi connectivity index (χ0) is 17.0. The average molecular weight is 402 g/mol. The Morgan fingerprint density at radius 2 is 1.91 bits per heavy atom. The van der Waals surface area contributed by atoms with Crippen LogP contribution >= 0.6 is 15.9 Å². The van der Waals surface area contributed by atoms with Crippen LogP contribution in [-0.2, 0) is 10.0 Å². The lowest BCUT2D eigenvalue weighted by atomic mass is 10.2. The molecule has 0 aliphatic carbocycles. The topological polar surface area (TPSA) is 46.6 Å². The highest BCUT2D eigenvalue weighted by Gasteiger charge is 2.24. The summed E-state index contributed by atoms with van der Waals surface area (Å²) >= 11 is 3.15. The predicted octanol–water partition coefficient (Wildman–Crippen LogP) is 3.60. The Bertz CT molecular complexity index is 796. The summed E-state index contributed by atoms with van der Waals surface area (Å²) in [5, 5.41) is 0. The summed E-state index contributed by atoms with van der Waals surface area (Å²) in [6, 6.07) is 11.3. The molecular weight excluding hydrogens is 385 g/mol. The number of nitrogens with zero attached hydrogens (tertiary/aromatic N) is 1. The van der Waals surface area contributed by atoms with Crippen LogP contribution in [0.2, 0.25) is 0 Å². The summed E-state index contributed by atoms with van der Waals surface area (Å²) < 4.78 is 45.8. The van der Waals surface area contributed by atoms with Gasteiger partial charge in [-0.2, -0.15) is 4.31 Å². The Kier molecular flexibility index (Phi) is 5.78. The van der Waals surface area contributed by atoms with E-state index in [0.717, 1.165) is 15.9 Å². The van der Waals surface area contributed by atoms with Crippen LogP contribution in [0.25, 0.3) is 0 Å².